The molecule has 4 nitrogen and oxygen atoms in total. The first-order valence-corrected chi connectivity index (χ1v) is 9.08. The maximum atomic E-state index is 12.4. The monoisotopic (exact) mass is 373 g/mol. The second-order valence-corrected chi connectivity index (χ2v) is 6.73. The van der Waals surface area contributed by atoms with Gasteiger partial charge in [-0.15, -0.1) is 0 Å². The molecule has 3 aromatic rings. The molecular formula is C24H23NO3. The zero-order valence-electron chi connectivity index (χ0n) is 16.5. The SMILES string of the molecule is COC(=O)c1ccccc1-n1c(C)cc(/C=C/C(=O)c2ccc(C)cc2)c1C. The molecule has 0 aliphatic rings. The van der Waals surface area contributed by atoms with E-state index in [1.807, 2.05) is 79.9 Å². The van der Waals surface area contributed by atoms with Gasteiger partial charge in [0.2, 0.25) is 0 Å². The second-order valence-electron chi connectivity index (χ2n) is 6.73. The molecule has 0 aliphatic heterocycles. The maximum absolute atomic E-state index is 12.4. The van der Waals surface area contributed by atoms with Crippen LogP contribution >= 0.6 is 0 Å². The van der Waals surface area contributed by atoms with Gasteiger partial charge in [-0.25, -0.2) is 4.79 Å². The van der Waals surface area contributed by atoms with Gasteiger partial charge < -0.3 is 9.30 Å². The molecule has 1 heterocycles. The van der Waals surface area contributed by atoms with Gasteiger partial charge in [0, 0.05) is 17.0 Å². The lowest BCUT2D eigenvalue weighted by atomic mass is 10.1. The van der Waals surface area contributed by atoms with Gasteiger partial charge in [-0.3, -0.25) is 4.79 Å². The van der Waals surface area contributed by atoms with Crippen LogP contribution in [0.2, 0.25) is 0 Å². The standard InChI is InChI=1S/C24H23NO3/c1-16-9-11-19(12-10-16)23(26)14-13-20-15-17(2)25(18(20)3)22-8-6-5-7-21(22)24(27)28-4/h5-15H,1-4H3/b14-13+. The Morgan fingerprint density at radius 3 is 2.32 bits per heavy atom. The van der Waals surface area contributed by atoms with E-state index in [2.05, 4.69) is 0 Å². The average molecular weight is 373 g/mol. The first-order chi connectivity index (χ1) is 13.4. The van der Waals surface area contributed by atoms with Crippen LogP contribution in [-0.4, -0.2) is 23.4 Å². The summed E-state index contributed by atoms with van der Waals surface area (Å²) < 4.78 is 6.91. The molecule has 3 rings (SSSR count). The third-order valence-corrected chi connectivity index (χ3v) is 4.77. The summed E-state index contributed by atoms with van der Waals surface area (Å²) in [6.07, 6.45) is 3.41. The number of hydrogen-bond acceptors (Lipinski definition) is 3. The number of hydrogen-bond donors (Lipinski definition) is 0. The summed E-state index contributed by atoms with van der Waals surface area (Å²) in [5.41, 5.74) is 5.88. The van der Waals surface area contributed by atoms with Crippen LogP contribution in [0.25, 0.3) is 11.8 Å². The quantitative estimate of drug-likeness (QED) is 0.356. The molecule has 0 saturated heterocycles. The Morgan fingerprint density at radius 1 is 0.964 bits per heavy atom. The number of carbonyl (C=O) groups excluding carboxylic acids is 2. The number of benzene rings is 2. The minimum absolute atomic E-state index is 0.0419. The van der Waals surface area contributed by atoms with Crippen molar-refractivity contribution in [3.8, 4) is 5.69 Å². The van der Waals surface area contributed by atoms with Crippen molar-refractivity contribution in [1.82, 2.24) is 4.57 Å². The molecule has 0 saturated carbocycles. The second kappa shape index (κ2) is 8.09. The summed E-state index contributed by atoms with van der Waals surface area (Å²) in [4.78, 5) is 24.6. The molecule has 4 heteroatoms. The molecule has 0 aliphatic carbocycles. The van der Waals surface area contributed by atoms with E-state index < -0.39 is 0 Å². The lowest BCUT2D eigenvalue weighted by Crippen LogP contribution is -2.09. The number of carbonyl (C=O) groups is 2. The number of nitrogens with zero attached hydrogens (tertiary/aromatic N) is 1. The Labute approximate surface area is 165 Å². The third-order valence-electron chi connectivity index (χ3n) is 4.77. The summed E-state index contributed by atoms with van der Waals surface area (Å²) in [7, 11) is 1.37. The molecule has 0 spiro atoms. The Bertz CT molecular complexity index is 1060. The van der Waals surface area contributed by atoms with Gasteiger partial charge in [0.15, 0.2) is 5.78 Å². The summed E-state index contributed by atoms with van der Waals surface area (Å²) in [6, 6.07) is 16.8. The van der Waals surface area contributed by atoms with Crippen LogP contribution in [0.1, 0.15) is 43.2 Å². The smallest absolute Gasteiger partial charge is 0.339 e. The van der Waals surface area contributed by atoms with Gasteiger partial charge in [0.25, 0.3) is 0 Å². The highest BCUT2D eigenvalue weighted by Crippen LogP contribution is 2.25. The number of aryl methyl sites for hydroxylation is 2. The summed E-state index contributed by atoms with van der Waals surface area (Å²) >= 11 is 0. The summed E-state index contributed by atoms with van der Waals surface area (Å²) in [5, 5.41) is 0. The molecule has 0 radical (unpaired) electrons. The minimum Gasteiger partial charge on any atom is -0.465 e. The molecule has 0 atom stereocenters. The third kappa shape index (κ3) is 3.81. The molecule has 0 fully saturated rings. The van der Waals surface area contributed by atoms with Crippen LogP contribution in [0.4, 0.5) is 0 Å². The zero-order chi connectivity index (χ0) is 20.3. The van der Waals surface area contributed by atoms with Gasteiger partial charge in [0.05, 0.1) is 18.4 Å². The fraction of sp³-hybridized carbons (Fsp3) is 0.167. The van der Waals surface area contributed by atoms with Crippen LogP contribution in [0.3, 0.4) is 0 Å². The lowest BCUT2D eigenvalue weighted by molar-refractivity contribution is 0.0600. The van der Waals surface area contributed by atoms with Gasteiger partial charge in [-0.1, -0.05) is 42.0 Å². The Kier molecular flexibility index (Phi) is 5.59. The largest absolute Gasteiger partial charge is 0.465 e. The van der Waals surface area contributed by atoms with Crippen LogP contribution in [0, 0.1) is 20.8 Å². The van der Waals surface area contributed by atoms with E-state index in [1.54, 1.807) is 12.1 Å². The van der Waals surface area contributed by atoms with Crippen molar-refractivity contribution >= 4 is 17.8 Å². The van der Waals surface area contributed by atoms with Gasteiger partial charge in [0.1, 0.15) is 0 Å². The lowest BCUT2D eigenvalue weighted by Gasteiger charge is -2.13. The van der Waals surface area contributed by atoms with E-state index in [1.165, 1.54) is 7.11 Å². The maximum Gasteiger partial charge on any atom is 0.339 e. The Morgan fingerprint density at radius 2 is 1.64 bits per heavy atom. The first-order valence-electron chi connectivity index (χ1n) is 9.08. The van der Waals surface area contributed by atoms with Crippen LogP contribution in [0.5, 0.6) is 0 Å². The van der Waals surface area contributed by atoms with Gasteiger partial charge in [-0.2, -0.15) is 0 Å². The molecule has 0 bridgehead atoms. The molecular weight excluding hydrogens is 350 g/mol. The van der Waals surface area contributed by atoms with Crippen molar-refractivity contribution in [2.45, 2.75) is 20.8 Å². The highest BCUT2D eigenvalue weighted by atomic mass is 16.5. The van der Waals surface area contributed by atoms with Gasteiger partial charge in [-0.05, 0) is 56.7 Å². The number of ether oxygens (including phenoxy) is 1. The van der Waals surface area contributed by atoms with E-state index >= 15 is 0 Å². The molecule has 2 aromatic carbocycles. The molecule has 0 N–H and O–H groups in total. The number of para-hydroxylation sites is 1. The van der Waals surface area contributed by atoms with Crippen LogP contribution < -0.4 is 0 Å². The molecule has 0 amide bonds. The van der Waals surface area contributed by atoms with Crippen molar-refractivity contribution in [2.24, 2.45) is 0 Å². The highest BCUT2D eigenvalue weighted by Gasteiger charge is 2.16. The zero-order valence-corrected chi connectivity index (χ0v) is 16.5. The van der Waals surface area contributed by atoms with Crippen molar-refractivity contribution in [1.29, 1.82) is 0 Å². The molecule has 28 heavy (non-hydrogen) atoms. The van der Waals surface area contributed by atoms with Crippen LogP contribution in [0.15, 0.2) is 60.7 Å². The number of rotatable bonds is 5. The van der Waals surface area contributed by atoms with Crippen molar-refractivity contribution in [3.05, 3.63) is 94.3 Å². The molecule has 1 aromatic heterocycles. The summed E-state index contributed by atoms with van der Waals surface area (Å²) in [6.45, 7) is 5.93. The normalized spacial score (nSPS) is 11.0. The van der Waals surface area contributed by atoms with E-state index in [4.69, 9.17) is 4.74 Å². The number of esters is 1. The topological polar surface area (TPSA) is 48.3 Å². The Balaban J connectivity index is 1.96. The average Bonchev–Trinajstić information content (AvgIpc) is 2.99. The Hall–Kier alpha value is -3.40. The van der Waals surface area contributed by atoms with Crippen molar-refractivity contribution < 1.29 is 14.3 Å². The number of ketones is 1. The van der Waals surface area contributed by atoms with E-state index in [0.717, 1.165) is 28.2 Å². The van der Waals surface area contributed by atoms with E-state index in [9.17, 15) is 9.59 Å². The predicted octanol–water partition coefficient (Wildman–Crippen LogP) is 5.09. The predicted molar refractivity (Wildman–Crippen MR) is 111 cm³/mol. The minimum atomic E-state index is -0.380. The number of allylic oxidation sites excluding steroid dienone is 1. The summed E-state index contributed by atoms with van der Waals surface area (Å²) in [5.74, 6) is -0.422. The van der Waals surface area contributed by atoms with Crippen molar-refractivity contribution in [2.75, 3.05) is 7.11 Å². The molecule has 0 unspecified atom stereocenters. The fourth-order valence-electron chi connectivity index (χ4n) is 3.26. The number of aromatic nitrogens is 1. The van der Waals surface area contributed by atoms with Gasteiger partial charge >= 0.3 is 5.97 Å². The fourth-order valence-corrected chi connectivity index (χ4v) is 3.26. The van der Waals surface area contributed by atoms with E-state index in [0.29, 0.717) is 11.1 Å². The first kappa shape index (κ1) is 19.4. The molecule has 142 valence electrons. The van der Waals surface area contributed by atoms with Crippen molar-refractivity contribution in [3.63, 3.8) is 0 Å². The van der Waals surface area contributed by atoms with Crippen LogP contribution in [-0.2, 0) is 4.74 Å². The number of methoxy groups -OCH3 is 1. The highest BCUT2D eigenvalue weighted by molar-refractivity contribution is 6.06. The van der Waals surface area contributed by atoms with E-state index in [-0.39, 0.29) is 11.8 Å².